The van der Waals surface area contributed by atoms with E-state index >= 15 is 0 Å². The van der Waals surface area contributed by atoms with E-state index in [-0.39, 0.29) is 12.4 Å². The van der Waals surface area contributed by atoms with Gasteiger partial charge in [0.05, 0.1) is 5.69 Å². The van der Waals surface area contributed by atoms with Crippen LogP contribution < -0.4 is 4.90 Å². The van der Waals surface area contributed by atoms with Gasteiger partial charge in [-0.3, -0.25) is 0 Å². The normalized spacial score (nSPS) is 8.50. The minimum atomic E-state index is 0. The number of nitroso groups, excluding NO2 is 1. The highest BCUT2D eigenvalue weighted by Crippen LogP contribution is 2.25. The Balaban J connectivity index is 0.00000121. The zero-order valence-corrected chi connectivity index (χ0v) is 7.84. The lowest BCUT2D eigenvalue weighted by molar-refractivity contribution is 1.13. The average molecular weight is 187 g/mol. The summed E-state index contributed by atoms with van der Waals surface area (Å²) < 4.78 is 0. The Bertz CT molecular complexity index is 263. The number of nitrogens with zero attached hydrogens (tertiary/aromatic N) is 2. The van der Waals surface area contributed by atoms with E-state index < -0.39 is 0 Å². The van der Waals surface area contributed by atoms with E-state index in [0.717, 1.165) is 5.69 Å². The van der Waals surface area contributed by atoms with Crippen LogP contribution in [0.25, 0.3) is 0 Å². The number of hydrogen-bond acceptors (Lipinski definition) is 3. The number of anilines is 1. The SMILES string of the molecule is CN(C)c1ccccc1N=O.Cl. The minimum Gasteiger partial charge on any atom is -0.376 e. The first-order valence-corrected chi connectivity index (χ1v) is 3.35. The largest absolute Gasteiger partial charge is 0.376 e. The molecule has 0 saturated carbocycles. The van der Waals surface area contributed by atoms with Crippen molar-refractivity contribution in [3.05, 3.63) is 29.2 Å². The number of hydrogen-bond donors (Lipinski definition) is 0. The summed E-state index contributed by atoms with van der Waals surface area (Å²) >= 11 is 0. The smallest absolute Gasteiger partial charge is 0.131 e. The monoisotopic (exact) mass is 186 g/mol. The molecule has 0 saturated heterocycles. The Kier molecular flexibility index (Phi) is 4.29. The summed E-state index contributed by atoms with van der Waals surface area (Å²) in [5.41, 5.74) is 1.33. The number of benzene rings is 1. The molecule has 3 nitrogen and oxygen atoms in total. The summed E-state index contributed by atoms with van der Waals surface area (Å²) in [5, 5.41) is 2.90. The van der Waals surface area contributed by atoms with E-state index in [2.05, 4.69) is 5.18 Å². The summed E-state index contributed by atoms with van der Waals surface area (Å²) in [6.07, 6.45) is 0. The zero-order valence-electron chi connectivity index (χ0n) is 7.02. The lowest BCUT2D eigenvalue weighted by Crippen LogP contribution is -2.08. The molecule has 0 bridgehead atoms. The van der Waals surface area contributed by atoms with E-state index in [1.54, 1.807) is 12.1 Å². The maximum absolute atomic E-state index is 10.3. The van der Waals surface area contributed by atoms with Crippen molar-refractivity contribution in [2.24, 2.45) is 5.18 Å². The van der Waals surface area contributed by atoms with Gasteiger partial charge >= 0.3 is 0 Å². The van der Waals surface area contributed by atoms with Crippen LogP contribution in [0.15, 0.2) is 29.4 Å². The Morgan fingerprint density at radius 2 is 1.83 bits per heavy atom. The average Bonchev–Trinajstić information content (AvgIpc) is 2.04. The van der Waals surface area contributed by atoms with E-state index in [4.69, 9.17) is 0 Å². The molecule has 12 heavy (non-hydrogen) atoms. The van der Waals surface area contributed by atoms with Gasteiger partial charge in [-0.25, -0.2) is 0 Å². The first-order chi connectivity index (χ1) is 5.25. The lowest BCUT2D eigenvalue weighted by atomic mass is 10.2. The third-order valence-corrected chi connectivity index (χ3v) is 1.46. The summed E-state index contributed by atoms with van der Waals surface area (Å²) in [7, 11) is 3.76. The molecule has 0 aliphatic carbocycles. The molecule has 66 valence electrons. The van der Waals surface area contributed by atoms with Crippen molar-refractivity contribution >= 4 is 23.8 Å². The summed E-state index contributed by atoms with van der Waals surface area (Å²) in [6.45, 7) is 0. The second kappa shape index (κ2) is 4.72. The number of halogens is 1. The molecule has 0 aliphatic rings. The van der Waals surface area contributed by atoms with Crippen molar-refractivity contribution in [3.63, 3.8) is 0 Å². The highest BCUT2D eigenvalue weighted by Gasteiger charge is 2.01. The molecule has 0 aromatic heterocycles. The molecule has 0 fully saturated rings. The summed E-state index contributed by atoms with van der Waals surface area (Å²) in [6, 6.07) is 7.23. The molecule has 4 heteroatoms. The second-order valence-corrected chi connectivity index (χ2v) is 2.47. The van der Waals surface area contributed by atoms with Crippen LogP contribution >= 0.6 is 12.4 Å². The van der Waals surface area contributed by atoms with Crippen molar-refractivity contribution < 1.29 is 0 Å². The Hall–Kier alpha value is -1.09. The van der Waals surface area contributed by atoms with Gasteiger partial charge in [0.15, 0.2) is 0 Å². The molecular formula is C8H11ClN2O. The topological polar surface area (TPSA) is 32.7 Å². The van der Waals surface area contributed by atoms with Crippen molar-refractivity contribution in [1.29, 1.82) is 0 Å². The van der Waals surface area contributed by atoms with Gasteiger partial charge < -0.3 is 4.90 Å². The lowest BCUT2D eigenvalue weighted by Gasteiger charge is -2.12. The quantitative estimate of drug-likeness (QED) is 0.665. The first-order valence-electron chi connectivity index (χ1n) is 3.35. The third kappa shape index (κ3) is 2.20. The molecule has 1 aromatic rings. The van der Waals surface area contributed by atoms with Crippen LogP contribution in [0.5, 0.6) is 0 Å². The molecular weight excluding hydrogens is 176 g/mol. The summed E-state index contributed by atoms with van der Waals surface area (Å²) in [4.78, 5) is 12.1. The van der Waals surface area contributed by atoms with E-state index in [1.165, 1.54) is 0 Å². The van der Waals surface area contributed by atoms with Crippen molar-refractivity contribution in [2.45, 2.75) is 0 Å². The van der Waals surface area contributed by atoms with Gasteiger partial charge in [-0.05, 0) is 17.3 Å². The van der Waals surface area contributed by atoms with Gasteiger partial charge in [0.1, 0.15) is 5.69 Å². The second-order valence-electron chi connectivity index (χ2n) is 2.47. The van der Waals surface area contributed by atoms with Crippen LogP contribution in [0.3, 0.4) is 0 Å². The van der Waals surface area contributed by atoms with Gasteiger partial charge in [0.25, 0.3) is 0 Å². The van der Waals surface area contributed by atoms with E-state index in [1.807, 2.05) is 31.1 Å². The Morgan fingerprint density at radius 3 is 2.25 bits per heavy atom. The van der Waals surface area contributed by atoms with Gasteiger partial charge in [-0.2, -0.15) is 0 Å². The first kappa shape index (κ1) is 10.9. The van der Waals surface area contributed by atoms with Gasteiger partial charge in [-0.15, -0.1) is 17.3 Å². The van der Waals surface area contributed by atoms with Crippen molar-refractivity contribution in [2.75, 3.05) is 19.0 Å². The number of rotatable bonds is 2. The molecule has 1 aromatic carbocycles. The fourth-order valence-electron chi connectivity index (χ4n) is 0.920. The maximum Gasteiger partial charge on any atom is 0.131 e. The van der Waals surface area contributed by atoms with E-state index in [0.29, 0.717) is 5.69 Å². The number of para-hydroxylation sites is 1. The highest BCUT2D eigenvalue weighted by atomic mass is 35.5. The van der Waals surface area contributed by atoms with Crippen LogP contribution in [0.1, 0.15) is 0 Å². The van der Waals surface area contributed by atoms with Gasteiger partial charge in [-0.1, -0.05) is 12.1 Å². The molecule has 0 N–H and O–H groups in total. The zero-order chi connectivity index (χ0) is 8.27. The fourth-order valence-corrected chi connectivity index (χ4v) is 0.920. The standard InChI is InChI=1S/C8H10N2O.ClH/c1-10(2)8-6-4-3-5-7(8)9-11;/h3-6H,1-2H3;1H. The Morgan fingerprint density at radius 1 is 1.25 bits per heavy atom. The Labute approximate surface area is 77.8 Å². The predicted molar refractivity (Wildman–Crippen MR) is 53.5 cm³/mol. The molecule has 0 amide bonds. The van der Waals surface area contributed by atoms with Crippen molar-refractivity contribution in [3.8, 4) is 0 Å². The van der Waals surface area contributed by atoms with Crippen LogP contribution in [0.2, 0.25) is 0 Å². The molecule has 0 unspecified atom stereocenters. The molecule has 0 atom stereocenters. The van der Waals surface area contributed by atoms with Crippen LogP contribution in [-0.4, -0.2) is 14.1 Å². The van der Waals surface area contributed by atoms with Crippen LogP contribution in [-0.2, 0) is 0 Å². The minimum absolute atomic E-state index is 0. The van der Waals surface area contributed by atoms with Crippen LogP contribution in [0.4, 0.5) is 11.4 Å². The van der Waals surface area contributed by atoms with Gasteiger partial charge in [0.2, 0.25) is 0 Å². The van der Waals surface area contributed by atoms with Crippen molar-refractivity contribution in [1.82, 2.24) is 0 Å². The molecule has 0 aliphatic heterocycles. The third-order valence-electron chi connectivity index (χ3n) is 1.46. The molecule has 0 radical (unpaired) electrons. The summed E-state index contributed by atoms with van der Waals surface area (Å²) in [5.74, 6) is 0. The molecule has 1 rings (SSSR count). The predicted octanol–water partition coefficient (Wildman–Crippen LogP) is 2.57. The molecule has 0 heterocycles. The van der Waals surface area contributed by atoms with Crippen LogP contribution in [0, 0.1) is 4.91 Å². The van der Waals surface area contributed by atoms with Gasteiger partial charge in [0, 0.05) is 14.1 Å². The maximum atomic E-state index is 10.3. The van der Waals surface area contributed by atoms with E-state index in [9.17, 15) is 4.91 Å². The highest BCUT2D eigenvalue weighted by molar-refractivity contribution is 5.85. The fraction of sp³-hybridized carbons (Fsp3) is 0.250. The molecule has 0 spiro atoms.